The Kier molecular flexibility index (Phi) is 5.03. The van der Waals surface area contributed by atoms with Crippen molar-refractivity contribution in [1.29, 1.82) is 0 Å². The number of carbonyl (C=O) groups is 1. The van der Waals surface area contributed by atoms with Crippen LogP contribution in [0.4, 0.5) is 16.2 Å². The van der Waals surface area contributed by atoms with Gasteiger partial charge in [0.05, 0.1) is 22.9 Å². The van der Waals surface area contributed by atoms with E-state index in [1.165, 1.54) is 0 Å². The van der Waals surface area contributed by atoms with Gasteiger partial charge in [0.2, 0.25) is 0 Å². The zero-order valence-corrected chi connectivity index (χ0v) is 13.7. The molecule has 0 radical (unpaired) electrons. The van der Waals surface area contributed by atoms with Gasteiger partial charge in [-0.25, -0.2) is 9.78 Å². The van der Waals surface area contributed by atoms with E-state index in [4.69, 9.17) is 11.6 Å². The second-order valence-corrected chi connectivity index (χ2v) is 6.43. The zero-order chi connectivity index (χ0) is 15.4. The molecule has 1 aromatic carbocycles. The Bertz CT molecular complexity index is 642. The predicted octanol–water partition coefficient (Wildman–Crippen LogP) is 3.49. The van der Waals surface area contributed by atoms with Crippen LogP contribution in [0.2, 0.25) is 5.02 Å². The van der Waals surface area contributed by atoms with E-state index >= 15 is 0 Å². The number of amides is 2. The minimum Gasteiger partial charge on any atom is -0.375 e. The summed E-state index contributed by atoms with van der Waals surface area (Å²) < 4.78 is 0. The standard InChI is InChI=1S/C14H17ClN4OS/c1-9-7-16-12(21-9)8-17-14(20)18-11-6-4-5-10(15)13(11)19(2)3/h4-7H,8H2,1-3H3,(H2,17,18,20). The van der Waals surface area contributed by atoms with Gasteiger partial charge in [-0.1, -0.05) is 17.7 Å². The highest BCUT2D eigenvalue weighted by Crippen LogP contribution is 2.32. The molecule has 1 heterocycles. The SMILES string of the molecule is Cc1cnc(CNC(=O)Nc2cccc(Cl)c2N(C)C)s1. The van der Waals surface area contributed by atoms with Gasteiger partial charge in [-0.2, -0.15) is 0 Å². The molecule has 0 atom stereocenters. The number of aryl methyl sites for hydroxylation is 1. The molecular formula is C14H17ClN4OS. The molecule has 0 saturated heterocycles. The molecule has 1 aromatic heterocycles. The third-order valence-electron chi connectivity index (χ3n) is 2.75. The Morgan fingerprint density at radius 3 is 2.81 bits per heavy atom. The van der Waals surface area contributed by atoms with Crippen molar-refractivity contribution in [2.45, 2.75) is 13.5 Å². The van der Waals surface area contributed by atoms with Gasteiger partial charge in [-0.3, -0.25) is 0 Å². The van der Waals surface area contributed by atoms with Crippen molar-refractivity contribution >= 4 is 40.3 Å². The summed E-state index contributed by atoms with van der Waals surface area (Å²) in [7, 11) is 3.76. The van der Waals surface area contributed by atoms with Gasteiger partial charge < -0.3 is 15.5 Å². The zero-order valence-electron chi connectivity index (χ0n) is 12.1. The first-order valence-electron chi connectivity index (χ1n) is 6.39. The molecule has 0 fully saturated rings. The second-order valence-electron chi connectivity index (χ2n) is 4.70. The number of hydrogen-bond donors (Lipinski definition) is 2. The molecule has 2 aromatic rings. The molecule has 0 aliphatic heterocycles. The maximum atomic E-state index is 12.0. The molecule has 2 N–H and O–H groups in total. The van der Waals surface area contributed by atoms with Gasteiger partial charge in [0, 0.05) is 25.2 Å². The molecule has 5 nitrogen and oxygen atoms in total. The van der Waals surface area contributed by atoms with Crippen LogP contribution in [0.5, 0.6) is 0 Å². The van der Waals surface area contributed by atoms with Gasteiger partial charge >= 0.3 is 6.03 Å². The Hall–Kier alpha value is -1.79. The van der Waals surface area contributed by atoms with Gasteiger partial charge in [-0.15, -0.1) is 11.3 Å². The summed E-state index contributed by atoms with van der Waals surface area (Å²) in [6.45, 7) is 2.39. The summed E-state index contributed by atoms with van der Waals surface area (Å²) in [5, 5.41) is 7.06. The Morgan fingerprint density at radius 1 is 1.43 bits per heavy atom. The molecule has 2 rings (SSSR count). The Morgan fingerprint density at radius 2 is 2.19 bits per heavy atom. The van der Waals surface area contributed by atoms with Crippen LogP contribution in [-0.4, -0.2) is 25.1 Å². The number of para-hydroxylation sites is 1. The maximum Gasteiger partial charge on any atom is 0.319 e. The van der Waals surface area contributed by atoms with E-state index in [1.807, 2.05) is 32.0 Å². The number of rotatable bonds is 4. The summed E-state index contributed by atoms with van der Waals surface area (Å²) in [4.78, 5) is 19.2. The molecule has 0 aliphatic rings. The minimum absolute atomic E-state index is 0.284. The minimum atomic E-state index is -0.284. The van der Waals surface area contributed by atoms with Gasteiger partial charge in [0.25, 0.3) is 0 Å². The van der Waals surface area contributed by atoms with E-state index in [-0.39, 0.29) is 6.03 Å². The maximum absolute atomic E-state index is 12.0. The first-order chi connectivity index (χ1) is 9.97. The molecule has 0 unspecified atom stereocenters. The molecule has 0 spiro atoms. The number of urea groups is 1. The number of halogens is 1. The fourth-order valence-corrected chi connectivity index (χ4v) is 2.95. The van der Waals surface area contributed by atoms with E-state index in [2.05, 4.69) is 15.6 Å². The lowest BCUT2D eigenvalue weighted by Crippen LogP contribution is -2.29. The summed E-state index contributed by atoms with van der Waals surface area (Å²) >= 11 is 7.73. The molecule has 2 amide bonds. The summed E-state index contributed by atoms with van der Waals surface area (Å²) in [5.41, 5.74) is 1.44. The van der Waals surface area contributed by atoms with Crippen LogP contribution >= 0.6 is 22.9 Å². The highest BCUT2D eigenvalue weighted by Gasteiger charge is 2.11. The molecular weight excluding hydrogens is 308 g/mol. The summed E-state index contributed by atoms with van der Waals surface area (Å²) in [6.07, 6.45) is 1.79. The average molecular weight is 325 g/mol. The summed E-state index contributed by atoms with van der Waals surface area (Å²) in [6, 6.07) is 5.12. The quantitative estimate of drug-likeness (QED) is 0.905. The van der Waals surface area contributed by atoms with Crippen molar-refractivity contribution in [2.75, 3.05) is 24.3 Å². The third-order valence-corrected chi connectivity index (χ3v) is 3.97. The first kappa shape index (κ1) is 15.6. The lowest BCUT2D eigenvalue weighted by atomic mass is 10.2. The van der Waals surface area contributed by atoms with Crippen LogP contribution in [0, 0.1) is 6.92 Å². The van der Waals surface area contributed by atoms with Crippen molar-refractivity contribution in [1.82, 2.24) is 10.3 Å². The normalized spacial score (nSPS) is 10.3. The fourth-order valence-electron chi connectivity index (χ4n) is 1.88. The van der Waals surface area contributed by atoms with Crippen LogP contribution in [0.25, 0.3) is 0 Å². The number of anilines is 2. The van der Waals surface area contributed by atoms with Crippen LogP contribution in [0.1, 0.15) is 9.88 Å². The topological polar surface area (TPSA) is 57.3 Å². The Labute approximate surface area is 132 Å². The number of carbonyl (C=O) groups excluding carboxylic acids is 1. The highest BCUT2D eigenvalue weighted by atomic mass is 35.5. The van der Waals surface area contributed by atoms with E-state index in [0.717, 1.165) is 15.6 Å². The van der Waals surface area contributed by atoms with Gasteiger partial charge in [0.15, 0.2) is 0 Å². The fraction of sp³-hybridized carbons (Fsp3) is 0.286. The van der Waals surface area contributed by atoms with Crippen molar-refractivity contribution in [2.24, 2.45) is 0 Å². The Balaban J connectivity index is 2.01. The number of nitrogens with zero attached hydrogens (tertiary/aromatic N) is 2. The van der Waals surface area contributed by atoms with Crippen LogP contribution < -0.4 is 15.5 Å². The second kappa shape index (κ2) is 6.78. The van der Waals surface area contributed by atoms with Crippen molar-refractivity contribution in [3.05, 3.63) is 39.3 Å². The lowest BCUT2D eigenvalue weighted by molar-refractivity contribution is 0.251. The number of hydrogen-bond acceptors (Lipinski definition) is 4. The number of aromatic nitrogens is 1. The third kappa shape index (κ3) is 4.09. The number of thiazole rings is 1. The largest absolute Gasteiger partial charge is 0.375 e. The lowest BCUT2D eigenvalue weighted by Gasteiger charge is -2.19. The summed E-state index contributed by atoms with van der Waals surface area (Å²) in [5.74, 6) is 0. The monoisotopic (exact) mass is 324 g/mol. The van der Waals surface area contributed by atoms with E-state index in [1.54, 1.807) is 29.7 Å². The van der Waals surface area contributed by atoms with Crippen LogP contribution in [0.15, 0.2) is 24.4 Å². The molecule has 0 aliphatic carbocycles. The van der Waals surface area contributed by atoms with Gasteiger partial charge in [0.1, 0.15) is 5.01 Å². The first-order valence-corrected chi connectivity index (χ1v) is 7.59. The number of benzene rings is 1. The van der Waals surface area contributed by atoms with E-state index in [0.29, 0.717) is 17.3 Å². The molecule has 112 valence electrons. The highest BCUT2D eigenvalue weighted by molar-refractivity contribution is 7.11. The molecule has 21 heavy (non-hydrogen) atoms. The van der Waals surface area contributed by atoms with Crippen LogP contribution in [-0.2, 0) is 6.54 Å². The molecule has 7 heteroatoms. The number of nitrogens with one attached hydrogen (secondary N) is 2. The van der Waals surface area contributed by atoms with Crippen molar-refractivity contribution in [3.8, 4) is 0 Å². The predicted molar refractivity (Wildman–Crippen MR) is 88.5 cm³/mol. The van der Waals surface area contributed by atoms with Gasteiger partial charge in [-0.05, 0) is 19.1 Å². The molecule has 0 saturated carbocycles. The van der Waals surface area contributed by atoms with E-state index < -0.39 is 0 Å². The van der Waals surface area contributed by atoms with E-state index in [9.17, 15) is 4.79 Å². The average Bonchev–Trinajstić information content (AvgIpc) is 2.82. The van der Waals surface area contributed by atoms with Crippen LogP contribution in [0.3, 0.4) is 0 Å². The molecule has 0 bridgehead atoms. The van der Waals surface area contributed by atoms with Crippen molar-refractivity contribution < 1.29 is 4.79 Å². The smallest absolute Gasteiger partial charge is 0.319 e. The van der Waals surface area contributed by atoms with Crippen molar-refractivity contribution in [3.63, 3.8) is 0 Å².